The number of nitrogens with zero attached hydrogens (tertiary/aromatic N) is 1. The van der Waals surface area contributed by atoms with Crippen molar-refractivity contribution in [3.8, 4) is 33.7 Å². The smallest absolute Gasteiger partial charge is 0.227 e. The van der Waals surface area contributed by atoms with Crippen LogP contribution in [0.5, 0.6) is 0 Å². The Hall–Kier alpha value is -4.69. The van der Waals surface area contributed by atoms with Gasteiger partial charge in [0, 0.05) is 5.56 Å². The van der Waals surface area contributed by atoms with Gasteiger partial charge in [-0.2, -0.15) is 0 Å². The molecule has 0 saturated heterocycles. The van der Waals surface area contributed by atoms with E-state index >= 15 is 0 Å². The molecule has 0 aliphatic rings. The zero-order chi connectivity index (χ0) is 29.5. The Balaban J connectivity index is 1.37. The van der Waals surface area contributed by atoms with Gasteiger partial charge < -0.3 is 4.42 Å². The molecule has 7 rings (SSSR count). The van der Waals surface area contributed by atoms with Gasteiger partial charge in [0.15, 0.2) is 5.58 Å². The van der Waals surface area contributed by atoms with Crippen LogP contribution >= 0.6 is 0 Å². The van der Waals surface area contributed by atoms with Gasteiger partial charge in [0.2, 0.25) is 5.89 Å². The lowest BCUT2D eigenvalue weighted by Gasteiger charge is -2.17. The molecule has 2 nitrogen and oxygen atoms in total. The molecule has 6 aromatic carbocycles. The van der Waals surface area contributed by atoms with E-state index in [4.69, 9.17) is 9.40 Å². The summed E-state index contributed by atoms with van der Waals surface area (Å²) in [6.45, 7) is 9.02. The van der Waals surface area contributed by atoms with Crippen molar-refractivity contribution < 1.29 is 4.42 Å². The predicted molar refractivity (Wildman–Crippen MR) is 182 cm³/mol. The van der Waals surface area contributed by atoms with Crippen LogP contribution in [0.15, 0.2) is 120 Å². The summed E-state index contributed by atoms with van der Waals surface area (Å²) in [6, 6.07) is 41.6. The van der Waals surface area contributed by atoms with Crippen LogP contribution in [0.1, 0.15) is 38.8 Å². The number of rotatable bonds is 7. The fraction of sp³-hybridized carbons (Fsp3) is 0.195. The third-order valence-corrected chi connectivity index (χ3v) is 8.38. The maximum Gasteiger partial charge on any atom is 0.227 e. The van der Waals surface area contributed by atoms with Crippen LogP contribution in [0.2, 0.25) is 0 Å². The Morgan fingerprint density at radius 1 is 0.488 bits per heavy atom. The van der Waals surface area contributed by atoms with Crippen LogP contribution in [0.4, 0.5) is 0 Å². The van der Waals surface area contributed by atoms with E-state index in [2.05, 4.69) is 143 Å². The molecule has 1 aromatic heterocycles. The third-order valence-electron chi connectivity index (χ3n) is 8.38. The van der Waals surface area contributed by atoms with Crippen molar-refractivity contribution in [3.05, 3.63) is 126 Å². The van der Waals surface area contributed by atoms with E-state index in [1.165, 1.54) is 54.9 Å². The quantitative estimate of drug-likeness (QED) is 0.182. The lowest BCUT2D eigenvalue weighted by molar-refractivity contribution is 0.598. The number of hydrogen-bond donors (Lipinski definition) is 0. The normalized spacial score (nSPS) is 11.9. The number of fused-ring (bicyclic) bond motifs is 3. The highest BCUT2D eigenvalue weighted by Crippen LogP contribution is 2.44. The Kier molecular flexibility index (Phi) is 7.07. The van der Waals surface area contributed by atoms with E-state index in [1.807, 2.05) is 0 Å². The van der Waals surface area contributed by atoms with Crippen LogP contribution in [-0.4, -0.2) is 4.98 Å². The van der Waals surface area contributed by atoms with Gasteiger partial charge in [0.05, 0.1) is 0 Å². The first-order valence-corrected chi connectivity index (χ1v) is 15.5. The van der Waals surface area contributed by atoms with Gasteiger partial charge in [0.25, 0.3) is 0 Å². The first kappa shape index (κ1) is 27.2. The maximum atomic E-state index is 6.55. The van der Waals surface area contributed by atoms with Crippen LogP contribution < -0.4 is 0 Å². The molecule has 0 aliphatic heterocycles. The maximum absolute atomic E-state index is 6.55. The molecule has 0 atom stereocenters. The average molecular weight is 560 g/mol. The van der Waals surface area contributed by atoms with E-state index in [9.17, 15) is 0 Å². The predicted octanol–water partition coefficient (Wildman–Crippen LogP) is 11.5. The molecule has 0 radical (unpaired) electrons. The molecule has 0 N–H and O–H groups in total. The van der Waals surface area contributed by atoms with Crippen molar-refractivity contribution in [1.29, 1.82) is 0 Å². The third kappa shape index (κ3) is 5.02. The molecule has 2 heteroatoms. The second-order valence-corrected chi connectivity index (χ2v) is 12.6. The van der Waals surface area contributed by atoms with E-state index in [0.717, 1.165) is 29.5 Å². The highest BCUT2D eigenvalue weighted by molar-refractivity contribution is 6.21. The summed E-state index contributed by atoms with van der Waals surface area (Å²) >= 11 is 0. The van der Waals surface area contributed by atoms with Crippen molar-refractivity contribution in [2.45, 2.75) is 40.5 Å². The molecular weight excluding hydrogens is 522 g/mol. The van der Waals surface area contributed by atoms with Crippen LogP contribution in [0.3, 0.4) is 0 Å². The number of hydrogen-bond acceptors (Lipinski definition) is 2. The molecule has 0 fully saturated rings. The van der Waals surface area contributed by atoms with Gasteiger partial charge in [-0.25, -0.2) is 4.98 Å². The van der Waals surface area contributed by atoms with Gasteiger partial charge in [-0.15, -0.1) is 0 Å². The molecule has 1 heterocycles. The summed E-state index contributed by atoms with van der Waals surface area (Å²) in [7, 11) is 0. The molecular formula is C41H37NO. The minimum Gasteiger partial charge on any atom is -0.436 e. The standard InChI is InChI=1S/C41H37NO/c1-26(2)24-31-22-23-32(25-27(3)4)40-39(31)42-41(43-40)30-20-18-29(19-21-30)38-35-16-10-8-14-33(35)37(28-12-6-5-7-13-28)34-15-9-11-17-36(34)38/h5-23,26-27H,24-25H2,1-4H3. The number of benzene rings is 6. The van der Waals surface area contributed by atoms with E-state index < -0.39 is 0 Å². The summed E-state index contributed by atoms with van der Waals surface area (Å²) in [5.74, 6) is 1.79. The molecule has 0 unspecified atom stereocenters. The first-order chi connectivity index (χ1) is 21.0. The Labute approximate surface area is 254 Å². The SMILES string of the molecule is CC(C)Cc1ccc(CC(C)C)c2oc(-c3ccc(-c4c5ccccc5c(-c5ccccc5)c5ccccc45)cc3)nc12. The minimum atomic E-state index is 0.546. The van der Waals surface area contributed by atoms with Gasteiger partial charge >= 0.3 is 0 Å². The fourth-order valence-electron chi connectivity index (χ4n) is 6.57. The molecule has 43 heavy (non-hydrogen) atoms. The summed E-state index contributed by atoms with van der Waals surface area (Å²) in [5.41, 5.74) is 10.4. The van der Waals surface area contributed by atoms with Gasteiger partial charge in [-0.05, 0) is 91.7 Å². The number of aromatic nitrogens is 1. The van der Waals surface area contributed by atoms with Gasteiger partial charge in [-0.1, -0.05) is 131 Å². The summed E-state index contributed by atoms with van der Waals surface area (Å²) in [6.07, 6.45) is 1.97. The van der Waals surface area contributed by atoms with E-state index in [0.29, 0.717) is 17.7 Å². The molecule has 7 aromatic rings. The van der Waals surface area contributed by atoms with E-state index in [1.54, 1.807) is 0 Å². The van der Waals surface area contributed by atoms with Crippen molar-refractivity contribution in [2.75, 3.05) is 0 Å². The second kappa shape index (κ2) is 11.2. The number of oxazole rings is 1. The van der Waals surface area contributed by atoms with Crippen LogP contribution in [0, 0.1) is 11.8 Å². The molecule has 0 bridgehead atoms. The minimum absolute atomic E-state index is 0.546. The highest BCUT2D eigenvalue weighted by atomic mass is 16.3. The monoisotopic (exact) mass is 559 g/mol. The van der Waals surface area contributed by atoms with Crippen molar-refractivity contribution >= 4 is 32.6 Å². The molecule has 0 spiro atoms. The van der Waals surface area contributed by atoms with Crippen molar-refractivity contribution in [2.24, 2.45) is 11.8 Å². The molecule has 0 amide bonds. The van der Waals surface area contributed by atoms with Crippen LogP contribution in [-0.2, 0) is 12.8 Å². The summed E-state index contributed by atoms with van der Waals surface area (Å²) < 4.78 is 6.55. The van der Waals surface area contributed by atoms with Gasteiger partial charge in [0.1, 0.15) is 5.52 Å². The van der Waals surface area contributed by atoms with Crippen LogP contribution in [0.25, 0.3) is 66.4 Å². The van der Waals surface area contributed by atoms with E-state index in [-0.39, 0.29) is 0 Å². The van der Waals surface area contributed by atoms with Crippen molar-refractivity contribution in [3.63, 3.8) is 0 Å². The lowest BCUT2D eigenvalue weighted by atomic mass is 9.86. The average Bonchev–Trinajstić information content (AvgIpc) is 3.48. The zero-order valence-corrected chi connectivity index (χ0v) is 25.4. The summed E-state index contributed by atoms with van der Waals surface area (Å²) in [4.78, 5) is 5.08. The molecule has 212 valence electrons. The molecule has 0 aliphatic carbocycles. The molecule has 0 saturated carbocycles. The topological polar surface area (TPSA) is 26.0 Å². The zero-order valence-electron chi connectivity index (χ0n) is 25.4. The summed E-state index contributed by atoms with van der Waals surface area (Å²) in [5, 5.41) is 5.04. The second-order valence-electron chi connectivity index (χ2n) is 12.6. The lowest BCUT2D eigenvalue weighted by Crippen LogP contribution is -1.99. The fourth-order valence-corrected chi connectivity index (χ4v) is 6.57. The first-order valence-electron chi connectivity index (χ1n) is 15.5. The van der Waals surface area contributed by atoms with Gasteiger partial charge in [-0.3, -0.25) is 0 Å². The largest absolute Gasteiger partial charge is 0.436 e. The Morgan fingerprint density at radius 2 is 0.930 bits per heavy atom. The van der Waals surface area contributed by atoms with Crippen molar-refractivity contribution in [1.82, 2.24) is 4.98 Å². The Bertz CT molecular complexity index is 1960. The Morgan fingerprint density at radius 3 is 1.47 bits per heavy atom. The highest BCUT2D eigenvalue weighted by Gasteiger charge is 2.19.